The van der Waals surface area contributed by atoms with Crippen LogP contribution in [0.1, 0.15) is 54.4 Å². The van der Waals surface area contributed by atoms with Gasteiger partial charge in [0.2, 0.25) is 0 Å². The van der Waals surface area contributed by atoms with Crippen molar-refractivity contribution in [2.75, 3.05) is 0 Å². The highest BCUT2D eigenvalue weighted by Gasteiger charge is 2.51. The molecule has 1 amide bonds. The number of benzene rings is 1. The summed E-state index contributed by atoms with van der Waals surface area (Å²) in [7, 11) is 0. The molecule has 1 N–H and O–H groups in total. The largest absolute Gasteiger partial charge is 0.347 e. The lowest BCUT2D eigenvalue weighted by atomic mass is 9.53. The van der Waals surface area contributed by atoms with E-state index in [1.807, 2.05) is 25.1 Å². The molecule has 112 valence electrons. The molecule has 3 heteroatoms. The quantitative estimate of drug-likeness (QED) is 0.840. The molecule has 0 spiro atoms. The standard InChI is InChI=1S/C18H22BrNO/c1-11-2-3-16(19)15(4-11)17(21)20-18-8-12-5-13(9-18)7-14(6-12)10-18/h2-4,12-14H,5-10H2,1H3,(H,20,21). The molecule has 5 rings (SSSR count). The van der Waals surface area contributed by atoms with Gasteiger partial charge in [0.25, 0.3) is 5.91 Å². The maximum absolute atomic E-state index is 12.8. The Kier molecular flexibility index (Phi) is 3.18. The predicted octanol–water partition coefficient (Wildman–Crippen LogP) is 4.46. The molecule has 21 heavy (non-hydrogen) atoms. The Morgan fingerprint density at radius 2 is 1.71 bits per heavy atom. The van der Waals surface area contributed by atoms with Crippen molar-refractivity contribution in [2.45, 2.75) is 51.0 Å². The summed E-state index contributed by atoms with van der Waals surface area (Å²) in [6.07, 6.45) is 7.83. The van der Waals surface area contributed by atoms with Gasteiger partial charge in [-0.2, -0.15) is 0 Å². The van der Waals surface area contributed by atoms with E-state index in [-0.39, 0.29) is 11.4 Å². The van der Waals surface area contributed by atoms with Gasteiger partial charge in [-0.3, -0.25) is 4.79 Å². The van der Waals surface area contributed by atoms with Crippen LogP contribution < -0.4 is 5.32 Å². The molecule has 1 aromatic carbocycles. The number of amides is 1. The molecule has 0 aromatic heterocycles. The van der Waals surface area contributed by atoms with Crippen LogP contribution in [0.3, 0.4) is 0 Å². The first-order valence-electron chi connectivity index (χ1n) is 8.12. The van der Waals surface area contributed by atoms with Gasteiger partial charge in [-0.05, 0) is 91.3 Å². The van der Waals surface area contributed by atoms with E-state index in [2.05, 4.69) is 21.2 Å². The van der Waals surface area contributed by atoms with Gasteiger partial charge >= 0.3 is 0 Å². The molecule has 0 heterocycles. The SMILES string of the molecule is Cc1ccc(Br)c(C(=O)NC23CC4CC(CC(C4)C2)C3)c1. The molecule has 4 aliphatic carbocycles. The zero-order chi connectivity index (χ0) is 14.6. The Hall–Kier alpha value is -0.830. The Balaban J connectivity index is 1.58. The average Bonchev–Trinajstić information content (AvgIpc) is 2.39. The third kappa shape index (κ3) is 2.44. The second-order valence-electron chi connectivity index (χ2n) is 7.64. The second kappa shape index (κ2) is 4.84. The van der Waals surface area contributed by atoms with Crippen molar-refractivity contribution in [1.29, 1.82) is 0 Å². The maximum Gasteiger partial charge on any atom is 0.252 e. The van der Waals surface area contributed by atoms with Crippen LogP contribution in [0.2, 0.25) is 0 Å². The van der Waals surface area contributed by atoms with E-state index in [1.165, 1.54) is 38.5 Å². The van der Waals surface area contributed by atoms with Gasteiger partial charge in [-0.15, -0.1) is 0 Å². The number of carbonyl (C=O) groups is 1. The average molecular weight is 348 g/mol. The van der Waals surface area contributed by atoms with E-state index in [9.17, 15) is 4.79 Å². The summed E-state index contributed by atoms with van der Waals surface area (Å²) in [5.41, 5.74) is 2.01. The summed E-state index contributed by atoms with van der Waals surface area (Å²) in [6.45, 7) is 2.04. The zero-order valence-corrected chi connectivity index (χ0v) is 14.1. The molecule has 4 bridgehead atoms. The Bertz CT molecular complexity index is 560. The normalized spacial score (nSPS) is 36.8. The van der Waals surface area contributed by atoms with E-state index in [1.54, 1.807) is 0 Å². The van der Waals surface area contributed by atoms with Crippen molar-refractivity contribution in [3.8, 4) is 0 Å². The molecule has 2 nitrogen and oxygen atoms in total. The van der Waals surface area contributed by atoms with Crippen LogP contribution in [0, 0.1) is 24.7 Å². The predicted molar refractivity (Wildman–Crippen MR) is 87.2 cm³/mol. The summed E-state index contributed by atoms with van der Waals surface area (Å²) < 4.78 is 0.898. The van der Waals surface area contributed by atoms with E-state index >= 15 is 0 Å². The summed E-state index contributed by atoms with van der Waals surface area (Å²) in [5.74, 6) is 2.68. The van der Waals surface area contributed by atoms with Gasteiger partial charge in [0.05, 0.1) is 5.56 Å². The topological polar surface area (TPSA) is 29.1 Å². The van der Waals surface area contributed by atoms with Crippen molar-refractivity contribution < 1.29 is 4.79 Å². The van der Waals surface area contributed by atoms with Crippen LogP contribution >= 0.6 is 15.9 Å². The van der Waals surface area contributed by atoms with Crippen molar-refractivity contribution in [2.24, 2.45) is 17.8 Å². The summed E-state index contributed by atoms with van der Waals surface area (Å²) in [5, 5.41) is 3.44. The minimum Gasteiger partial charge on any atom is -0.347 e. The Morgan fingerprint density at radius 3 is 2.29 bits per heavy atom. The van der Waals surface area contributed by atoms with E-state index in [4.69, 9.17) is 0 Å². The summed E-state index contributed by atoms with van der Waals surface area (Å²) in [4.78, 5) is 12.8. The molecular formula is C18H22BrNO. The minimum atomic E-state index is 0.0923. The highest BCUT2D eigenvalue weighted by Crippen LogP contribution is 2.55. The third-order valence-corrected chi connectivity index (χ3v) is 6.47. The van der Waals surface area contributed by atoms with Crippen LogP contribution in [0.25, 0.3) is 0 Å². The fourth-order valence-electron chi connectivity index (χ4n) is 5.39. The van der Waals surface area contributed by atoms with Crippen LogP contribution in [0.4, 0.5) is 0 Å². The first kappa shape index (κ1) is 13.8. The van der Waals surface area contributed by atoms with E-state index in [0.29, 0.717) is 0 Å². The van der Waals surface area contributed by atoms with Gasteiger partial charge in [-0.1, -0.05) is 11.6 Å². The summed E-state index contributed by atoms with van der Waals surface area (Å²) in [6, 6.07) is 6.00. The first-order valence-corrected chi connectivity index (χ1v) is 8.91. The highest BCUT2D eigenvalue weighted by molar-refractivity contribution is 9.10. The number of hydrogen-bond acceptors (Lipinski definition) is 1. The molecule has 0 unspecified atom stereocenters. The van der Waals surface area contributed by atoms with Crippen LogP contribution in [0.15, 0.2) is 22.7 Å². The van der Waals surface area contributed by atoms with E-state index in [0.717, 1.165) is 33.4 Å². The van der Waals surface area contributed by atoms with Crippen molar-refractivity contribution >= 4 is 21.8 Å². The van der Waals surface area contributed by atoms with Gasteiger partial charge in [0, 0.05) is 10.0 Å². The molecule has 4 aliphatic rings. The lowest BCUT2D eigenvalue weighted by molar-refractivity contribution is -0.0167. The van der Waals surface area contributed by atoms with Crippen molar-refractivity contribution in [1.82, 2.24) is 5.32 Å². The number of rotatable bonds is 2. The highest BCUT2D eigenvalue weighted by atomic mass is 79.9. The molecule has 0 radical (unpaired) electrons. The van der Waals surface area contributed by atoms with Gasteiger partial charge < -0.3 is 5.32 Å². The monoisotopic (exact) mass is 347 g/mol. The maximum atomic E-state index is 12.8. The Morgan fingerprint density at radius 1 is 1.14 bits per heavy atom. The van der Waals surface area contributed by atoms with Crippen LogP contribution in [-0.4, -0.2) is 11.4 Å². The molecule has 0 saturated heterocycles. The molecule has 1 aromatic rings. The number of aryl methyl sites for hydroxylation is 1. The van der Waals surface area contributed by atoms with Crippen molar-refractivity contribution in [3.05, 3.63) is 33.8 Å². The van der Waals surface area contributed by atoms with Crippen molar-refractivity contribution in [3.63, 3.8) is 0 Å². The molecule has 4 fully saturated rings. The number of nitrogens with one attached hydrogen (secondary N) is 1. The molecule has 0 atom stereocenters. The first-order chi connectivity index (χ1) is 10.0. The van der Waals surface area contributed by atoms with Crippen LogP contribution in [0.5, 0.6) is 0 Å². The van der Waals surface area contributed by atoms with Gasteiger partial charge in [-0.25, -0.2) is 0 Å². The van der Waals surface area contributed by atoms with E-state index < -0.39 is 0 Å². The molecule has 4 saturated carbocycles. The molecular weight excluding hydrogens is 326 g/mol. The number of halogens is 1. The minimum absolute atomic E-state index is 0.0923. The smallest absolute Gasteiger partial charge is 0.252 e. The third-order valence-electron chi connectivity index (χ3n) is 5.78. The Labute approximate surface area is 134 Å². The molecule has 0 aliphatic heterocycles. The van der Waals surface area contributed by atoms with Gasteiger partial charge in [0.15, 0.2) is 0 Å². The second-order valence-corrected chi connectivity index (χ2v) is 8.49. The zero-order valence-electron chi connectivity index (χ0n) is 12.5. The lowest BCUT2D eigenvalue weighted by Crippen LogP contribution is -2.59. The summed E-state index contributed by atoms with van der Waals surface area (Å²) >= 11 is 3.52. The number of carbonyl (C=O) groups excluding carboxylic acids is 1. The fourth-order valence-corrected chi connectivity index (χ4v) is 5.81. The lowest BCUT2D eigenvalue weighted by Gasteiger charge is -2.56. The van der Waals surface area contributed by atoms with Crippen LogP contribution in [-0.2, 0) is 0 Å². The fraction of sp³-hybridized carbons (Fsp3) is 0.611. The number of hydrogen-bond donors (Lipinski definition) is 1. The van der Waals surface area contributed by atoms with Gasteiger partial charge in [0.1, 0.15) is 0 Å².